The van der Waals surface area contributed by atoms with Crippen molar-refractivity contribution in [1.82, 2.24) is 15.3 Å². The smallest absolute Gasteiger partial charge is 0.237 e. The molecular formula is C16H21N3O. The molecule has 0 aliphatic carbocycles. The van der Waals surface area contributed by atoms with Gasteiger partial charge in [-0.25, -0.2) is 4.98 Å². The number of nitrogens with zero attached hydrogens (tertiary/aromatic N) is 2. The van der Waals surface area contributed by atoms with E-state index >= 15 is 0 Å². The van der Waals surface area contributed by atoms with E-state index in [1.54, 1.807) is 12.4 Å². The molecule has 4 heteroatoms. The molecule has 4 nitrogen and oxygen atoms in total. The number of ether oxygens (including phenoxy) is 1. The van der Waals surface area contributed by atoms with Crippen LogP contribution < -0.4 is 10.1 Å². The molecule has 0 aliphatic rings. The Kier molecular flexibility index (Phi) is 5.07. The van der Waals surface area contributed by atoms with Crippen LogP contribution in [0.1, 0.15) is 30.2 Å². The molecule has 2 rings (SSSR count). The summed E-state index contributed by atoms with van der Waals surface area (Å²) in [6.45, 7) is 7.96. The van der Waals surface area contributed by atoms with Crippen LogP contribution in [0.4, 0.5) is 0 Å². The van der Waals surface area contributed by atoms with Gasteiger partial charge in [-0.2, -0.15) is 0 Å². The fourth-order valence-corrected chi connectivity index (χ4v) is 1.91. The van der Waals surface area contributed by atoms with Crippen molar-refractivity contribution in [3.63, 3.8) is 0 Å². The molecule has 0 saturated carbocycles. The summed E-state index contributed by atoms with van der Waals surface area (Å²) in [6, 6.07) is 6.08. The van der Waals surface area contributed by atoms with Gasteiger partial charge in [-0.05, 0) is 38.4 Å². The van der Waals surface area contributed by atoms with Crippen LogP contribution in [0.15, 0.2) is 30.6 Å². The van der Waals surface area contributed by atoms with Crippen molar-refractivity contribution >= 4 is 0 Å². The summed E-state index contributed by atoms with van der Waals surface area (Å²) in [5, 5.41) is 3.29. The van der Waals surface area contributed by atoms with Gasteiger partial charge in [-0.1, -0.05) is 24.6 Å². The molecule has 0 aliphatic heterocycles. The van der Waals surface area contributed by atoms with Crippen LogP contribution in [0.25, 0.3) is 0 Å². The Morgan fingerprint density at radius 3 is 2.65 bits per heavy atom. The van der Waals surface area contributed by atoms with Gasteiger partial charge in [0.25, 0.3) is 0 Å². The molecule has 0 fully saturated rings. The van der Waals surface area contributed by atoms with Crippen molar-refractivity contribution < 1.29 is 4.74 Å². The Morgan fingerprint density at radius 1 is 1.15 bits per heavy atom. The average Bonchev–Trinajstić information content (AvgIpc) is 2.44. The van der Waals surface area contributed by atoms with Crippen molar-refractivity contribution in [3.05, 3.63) is 47.4 Å². The zero-order chi connectivity index (χ0) is 14.4. The van der Waals surface area contributed by atoms with Crippen molar-refractivity contribution in [1.29, 1.82) is 0 Å². The number of benzene rings is 1. The average molecular weight is 271 g/mol. The molecule has 106 valence electrons. The standard InChI is InChI=1S/C16H21N3O/c1-4-7-17-9-14-10-19-16(11-18-14)20-15-6-5-12(2)8-13(15)3/h5-6,8,10-11,17H,4,7,9H2,1-3H3. The van der Waals surface area contributed by atoms with Crippen LogP contribution >= 0.6 is 0 Å². The highest BCUT2D eigenvalue weighted by atomic mass is 16.5. The van der Waals surface area contributed by atoms with Crippen molar-refractivity contribution in [3.8, 4) is 11.6 Å². The number of rotatable bonds is 6. The number of aryl methyl sites for hydroxylation is 2. The van der Waals surface area contributed by atoms with E-state index in [-0.39, 0.29) is 0 Å². The van der Waals surface area contributed by atoms with Gasteiger partial charge < -0.3 is 10.1 Å². The molecule has 1 aromatic heterocycles. The van der Waals surface area contributed by atoms with E-state index in [9.17, 15) is 0 Å². The molecule has 1 N–H and O–H groups in total. The number of hydrogen-bond acceptors (Lipinski definition) is 4. The van der Waals surface area contributed by atoms with E-state index in [1.165, 1.54) is 5.56 Å². The highest BCUT2D eigenvalue weighted by Gasteiger charge is 2.03. The van der Waals surface area contributed by atoms with E-state index in [0.717, 1.165) is 36.5 Å². The van der Waals surface area contributed by atoms with Gasteiger partial charge in [0.15, 0.2) is 0 Å². The minimum atomic E-state index is 0.524. The quantitative estimate of drug-likeness (QED) is 0.818. The lowest BCUT2D eigenvalue weighted by Gasteiger charge is -2.08. The third-order valence-corrected chi connectivity index (χ3v) is 2.96. The zero-order valence-electron chi connectivity index (χ0n) is 12.3. The monoisotopic (exact) mass is 271 g/mol. The SMILES string of the molecule is CCCNCc1cnc(Oc2ccc(C)cc2C)cn1. The topological polar surface area (TPSA) is 47.0 Å². The van der Waals surface area contributed by atoms with Crippen molar-refractivity contribution in [2.24, 2.45) is 0 Å². The third kappa shape index (κ3) is 4.03. The number of hydrogen-bond donors (Lipinski definition) is 1. The predicted molar refractivity (Wildman–Crippen MR) is 80.0 cm³/mol. The molecule has 0 radical (unpaired) electrons. The summed E-state index contributed by atoms with van der Waals surface area (Å²) in [6.07, 6.45) is 4.53. The second-order valence-electron chi connectivity index (χ2n) is 4.89. The summed E-state index contributed by atoms with van der Waals surface area (Å²) in [5.41, 5.74) is 3.24. The molecule has 1 heterocycles. The predicted octanol–water partition coefficient (Wildman–Crippen LogP) is 3.39. The highest BCUT2D eigenvalue weighted by molar-refractivity contribution is 5.37. The van der Waals surface area contributed by atoms with E-state index in [1.807, 2.05) is 19.1 Å². The van der Waals surface area contributed by atoms with Crippen molar-refractivity contribution in [2.45, 2.75) is 33.7 Å². The summed E-state index contributed by atoms with van der Waals surface area (Å²) in [4.78, 5) is 8.64. The van der Waals surface area contributed by atoms with Gasteiger partial charge >= 0.3 is 0 Å². The van der Waals surface area contributed by atoms with E-state index in [0.29, 0.717) is 5.88 Å². The first-order valence-corrected chi connectivity index (χ1v) is 6.96. The second kappa shape index (κ2) is 7.01. The third-order valence-electron chi connectivity index (χ3n) is 2.96. The van der Waals surface area contributed by atoms with E-state index < -0.39 is 0 Å². The Balaban J connectivity index is 1.99. The van der Waals surface area contributed by atoms with Crippen LogP contribution in [0.5, 0.6) is 11.6 Å². The first kappa shape index (κ1) is 14.5. The van der Waals surface area contributed by atoms with Gasteiger partial charge in [-0.15, -0.1) is 0 Å². The maximum absolute atomic E-state index is 5.75. The zero-order valence-corrected chi connectivity index (χ0v) is 12.3. The van der Waals surface area contributed by atoms with Gasteiger partial charge in [-0.3, -0.25) is 4.98 Å². The Morgan fingerprint density at radius 2 is 2.00 bits per heavy atom. The number of aromatic nitrogens is 2. The molecule has 0 amide bonds. The van der Waals surface area contributed by atoms with Crippen LogP contribution in [-0.2, 0) is 6.54 Å². The minimum absolute atomic E-state index is 0.524. The maximum Gasteiger partial charge on any atom is 0.237 e. The Bertz CT molecular complexity index is 552. The lowest BCUT2D eigenvalue weighted by atomic mass is 10.1. The Hall–Kier alpha value is -1.94. The summed E-state index contributed by atoms with van der Waals surface area (Å²) in [7, 11) is 0. The fraction of sp³-hybridized carbons (Fsp3) is 0.375. The molecule has 0 bridgehead atoms. The summed E-state index contributed by atoms with van der Waals surface area (Å²) in [5.74, 6) is 1.35. The van der Waals surface area contributed by atoms with Gasteiger partial charge in [0.1, 0.15) is 5.75 Å². The van der Waals surface area contributed by atoms with Gasteiger partial charge in [0, 0.05) is 6.54 Å². The molecule has 1 aromatic carbocycles. The Labute approximate surface area is 120 Å². The van der Waals surface area contributed by atoms with E-state index in [4.69, 9.17) is 4.74 Å². The normalized spacial score (nSPS) is 10.6. The number of nitrogens with one attached hydrogen (secondary N) is 1. The van der Waals surface area contributed by atoms with Gasteiger partial charge in [0.2, 0.25) is 5.88 Å². The highest BCUT2D eigenvalue weighted by Crippen LogP contribution is 2.23. The lowest BCUT2D eigenvalue weighted by Crippen LogP contribution is -2.14. The van der Waals surface area contributed by atoms with Crippen molar-refractivity contribution in [2.75, 3.05) is 6.54 Å². The van der Waals surface area contributed by atoms with Crippen LogP contribution in [0, 0.1) is 13.8 Å². The summed E-state index contributed by atoms with van der Waals surface area (Å²) >= 11 is 0. The molecule has 2 aromatic rings. The molecule has 0 unspecified atom stereocenters. The molecule has 0 saturated heterocycles. The maximum atomic E-state index is 5.75. The fourth-order valence-electron chi connectivity index (χ4n) is 1.91. The van der Waals surface area contributed by atoms with Crippen LogP contribution in [0.3, 0.4) is 0 Å². The molecule has 0 atom stereocenters. The first-order chi connectivity index (χ1) is 9.69. The molecular weight excluding hydrogens is 250 g/mol. The molecule has 20 heavy (non-hydrogen) atoms. The van der Waals surface area contributed by atoms with E-state index in [2.05, 4.69) is 35.2 Å². The van der Waals surface area contributed by atoms with Gasteiger partial charge in [0.05, 0.1) is 18.1 Å². The largest absolute Gasteiger partial charge is 0.437 e. The minimum Gasteiger partial charge on any atom is -0.437 e. The second-order valence-corrected chi connectivity index (χ2v) is 4.89. The molecule has 0 spiro atoms. The first-order valence-electron chi connectivity index (χ1n) is 6.96. The van der Waals surface area contributed by atoms with Crippen LogP contribution in [-0.4, -0.2) is 16.5 Å². The summed E-state index contributed by atoms with van der Waals surface area (Å²) < 4.78 is 5.75. The lowest BCUT2D eigenvalue weighted by molar-refractivity contribution is 0.455. The van der Waals surface area contributed by atoms with Crippen LogP contribution in [0.2, 0.25) is 0 Å².